The van der Waals surface area contributed by atoms with E-state index in [4.69, 9.17) is 23.7 Å². The summed E-state index contributed by atoms with van der Waals surface area (Å²) in [7, 11) is 5.68. The Bertz CT molecular complexity index is 868. The summed E-state index contributed by atoms with van der Waals surface area (Å²) in [4.78, 5) is 40.8. The van der Waals surface area contributed by atoms with Crippen LogP contribution in [0.2, 0.25) is 0 Å². The lowest BCUT2D eigenvalue weighted by atomic mass is 9.79. The van der Waals surface area contributed by atoms with Crippen molar-refractivity contribution >= 4 is 17.9 Å². The van der Waals surface area contributed by atoms with Gasteiger partial charge in [-0.05, 0) is 43.0 Å². The van der Waals surface area contributed by atoms with E-state index in [2.05, 4.69) is 6.92 Å². The van der Waals surface area contributed by atoms with Crippen molar-refractivity contribution in [3.63, 3.8) is 0 Å². The van der Waals surface area contributed by atoms with Crippen molar-refractivity contribution in [2.75, 3.05) is 48.1 Å². The minimum Gasteiger partial charge on any atom is -0.493 e. The third kappa shape index (κ3) is 6.45. The number of nitrogens with zero attached hydrogens (tertiary/aromatic N) is 1. The van der Waals surface area contributed by atoms with Gasteiger partial charge in [-0.3, -0.25) is 19.3 Å². The number of unbranched alkanes of at least 4 members (excludes halogenated alkanes) is 2. The summed E-state index contributed by atoms with van der Waals surface area (Å²) in [5.41, 5.74) is 0.389. The number of methoxy groups -OCH3 is 4. The predicted octanol–water partition coefficient (Wildman–Crippen LogP) is 3.47. The monoisotopic (exact) mass is 493 g/mol. The molecule has 0 fully saturated rings. The van der Waals surface area contributed by atoms with E-state index in [1.165, 1.54) is 14.2 Å². The van der Waals surface area contributed by atoms with Gasteiger partial charge in [0.15, 0.2) is 16.9 Å². The fourth-order valence-electron chi connectivity index (χ4n) is 4.80. The van der Waals surface area contributed by atoms with E-state index in [9.17, 15) is 14.4 Å². The number of fused-ring (bicyclic) bond motifs is 1. The van der Waals surface area contributed by atoms with Crippen molar-refractivity contribution in [1.82, 2.24) is 4.90 Å². The summed E-state index contributed by atoms with van der Waals surface area (Å²) >= 11 is 0. The van der Waals surface area contributed by atoms with Gasteiger partial charge >= 0.3 is 17.9 Å². The summed E-state index contributed by atoms with van der Waals surface area (Å²) in [6.07, 6.45) is 3.46. The molecule has 2 rings (SSSR count). The minimum absolute atomic E-state index is 0.0592. The molecule has 0 saturated carbocycles. The van der Waals surface area contributed by atoms with E-state index < -0.39 is 23.4 Å². The zero-order valence-corrected chi connectivity index (χ0v) is 21.8. The van der Waals surface area contributed by atoms with E-state index in [-0.39, 0.29) is 25.5 Å². The number of carbonyl (C=O) groups excluding carboxylic acids is 3. The van der Waals surface area contributed by atoms with Gasteiger partial charge in [-0.2, -0.15) is 0 Å². The zero-order chi connectivity index (χ0) is 26.0. The van der Waals surface area contributed by atoms with Crippen LogP contribution in [-0.2, 0) is 35.0 Å². The molecule has 1 aromatic rings. The molecular weight excluding hydrogens is 454 g/mol. The molecule has 1 atom stereocenters. The van der Waals surface area contributed by atoms with Crippen molar-refractivity contribution in [1.29, 1.82) is 0 Å². The van der Waals surface area contributed by atoms with Gasteiger partial charge in [0.05, 0.1) is 41.5 Å². The second kappa shape index (κ2) is 13.3. The molecule has 0 radical (unpaired) electrons. The van der Waals surface area contributed by atoms with Crippen molar-refractivity contribution in [2.24, 2.45) is 5.41 Å². The van der Waals surface area contributed by atoms with E-state index in [1.807, 2.05) is 17.0 Å². The van der Waals surface area contributed by atoms with Crippen LogP contribution in [0, 0.1) is 5.41 Å². The van der Waals surface area contributed by atoms with Gasteiger partial charge in [0.1, 0.15) is 0 Å². The van der Waals surface area contributed by atoms with Gasteiger partial charge in [-0.15, -0.1) is 0 Å². The zero-order valence-electron chi connectivity index (χ0n) is 21.8. The summed E-state index contributed by atoms with van der Waals surface area (Å²) in [5.74, 6) is -0.482. The quantitative estimate of drug-likeness (QED) is 0.177. The van der Waals surface area contributed by atoms with Crippen LogP contribution in [0.5, 0.6) is 11.5 Å². The van der Waals surface area contributed by atoms with Crippen molar-refractivity contribution < 1.29 is 38.1 Å². The van der Waals surface area contributed by atoms with E-state index in [0.29, 0.717) is 37.3 Å². The number of carbonyl (C=O) groups is 3. The molecule has 1 unspecified atom stereocenters. The SMILES string of the molecule is CCCCCC(CN1CCc2cc(OC)c(OC)cc2C1CC(=O)OCC)(C(=O)OC)C(=O)OC. The van der Waals surface area contributed by atoms with Crippen LogP contribution >= 0.6 is 0 Å². The van der Waals surface area contributed by atoms with Gasteiger partial charge in [0.25, 0.3) is 0 Å². The Labute approximate surface area is 208 Å². The molecule has 35 heavy (non-hydrogen) atoms. The van der Waals surface area contributed by atoms with Crippen LogP contribution in [0.1, 0.15) is 63.1 Å². The Morgan fingerprint density at radius 2 is 1.60 bits per heavy atom. The first-order valence-corrected chi connectivity index (χ1v) is 12.1. The average molecular weight is 494 g/mol. The molecule has 1 aliphatic heterocycles. The molecule has 0 aromatic heterocycles. The Hall–Kier alpha value is -2.81. The Morgan fingerprint density at radius 3 is 2.14 bits per heavy atom. The van der Waals surface area contributed by atoms with Gasteiger partial charge in [-0.25, -0.2) is 0 Å². The van der Waals surface area contributed by atoms with Crippen molar-refractivity contribution in [2.45, 2.75) is 58.4 Å². The van der Waals surface area contributed by atoms with E-state index in [0.717, 1.165) is 24.0 Å². The number of benzene rings is 1. The average Bonchev–Trinajstić information content (AvgIpc) is 2.87. The van der Waals surface area contributed by atoms with E-state index >= 15 is 0 Å². The lowest BCUT2D eigenvalue weighted by Gasteiger charge is -2.41. The largest absolute Gasteiger partial charge is 0.493 e. The van der Waals surface area contributed by atoms with Gasteiger partial charge < -0.3 is 23.7 Å². The first-order valence-electron chi connectivity index (χ1n) is 12.1. The molecule has 1 heterocycles. The molecule has 196 valence electrons. The molecular formula is C26H39NO8. The van der Waals surface area contributed by atoms with E-state index in [1.54, 1.807) is 21.1 Å². The van der Waals surface area contributed by atoms with Crippen LogP contribution in [0.3, 0.4) is 0 Å². The molecule has 1 aliphatic rings. The second-order valence-corrected chi connectivity index (χ2v) is 8.67. The van der Waals surface area contributed by atoms with Crippen LogP contribution in [0.25, 0.3) is 0 Å². The molecule has 0 spiro atoms. The molecule has 0 N–H and O–H groups in total. The maximum absolute atomic E-state index is 13.1. The first kappa shape index (κ1) is 28.4. The van der Waals surface area contributed by atoms with Gasteiger partial charge in [0, 0.05) is 19.1 Å². The lowest BCUT2D eigenvalue weighted by molar-refractivity contribution is -0.172. The highest BCUT2D eigenvalue weighted by Crippen LogP contribution is 2.42. The van der Waals surface area contributed by atoms with Crippen LogP contribution in [0.15, 0.2) is 12.1 Å². The minimum atomic E-state index is -1.50. The second-order valence-electron chi connectivity index (χ2n) is 8.67. The normalized spacial score (nSPS) is 15.7. The fraction of sp³-hybridized carbons (Fsp3) is 0.654. The first-order chi connectivity index (χ1) is 16.8. The van der Waals surface area contributed by atoms with Gasteiger partial charge in [-0.1, -0.05) is 26.2 Å². The number of hydrogen-bond acceptors (Lipinski definition) is 9. The lowest BCUT2D eigenvalue weighted by Crippen LogP contribution is -2.52. The summed E-state index contributed by atoms with van der Waals surface area (Å²) < 4.78 is 26.4. The summed E-state index contributed by atoms with van der Waals surface area (Å²) in [6.45, 7) is 4.65. The molecule has 0 amide bonds. The number of esters is 3. The Kier molecular flexibility index (Phi) is 10.8. The highest BCUT2D eigenvalue weighted by atomic mass is 16.5. The highest BCUT2D eigenvalue weighted by Gasteiger charge is 2.50. The molecule has 0 aliphatic carbocycles. The maximum Gasteiger partial charge on any atom is 0.324 e. The number of hydrogen-bond donors (Lipinski definition) is 0. The molecule has 0 bridgehead atoms. The molecule has 9 nitrogen and oxygen atoms in total. The topological polar surface area (TPSA) is 101 Å². The van der Waals surface area contributed by atoms with Crippen molar-refractivity contribution in [3.05, 3.63) is 23.3 Å². The van der Waals surface area contributed by atoms with Gasteiger partial charge in [0.2, 0.25) is 0 Å². The Balaban J connectivity index is 2.55. The standard InChI is InChI=1S/C26H39NO8/c1-7-9-10-12-26(24(29)33-5,25(30)34-6)17-27-13-11-18-14-21(31-3)22(32-4)15-19(18)20(27)16-23(28)35-8-2/h14-15,20H,7-13,16-17H2,1-6H3. The third-order valence-corrected chi connectivity index (χ3v) is 6.61. The maximum atomic E-state index is 13.1. The summed E-state index contributed by atoms with van der Waals surface area (Å²) in [6, 6.07) is 3.34. The smallest absolute Gasteiger partial charge is 0.324 e. The molecule has 0 saturated heterocycles. The highest BCUT2D eigenvalue weighted by molar-refractivity contribution is 6.00. The Morgan fingerprint density at radius 1 is 0.971 bits per heavy atom. The molecule has 1 aromatic carbocycles. The molecule has 9 heteroatoms. The van der Waals surface area contributed by atoms with Crippen LogP contribution < -0.4 is 9.47 Å². The fourth-order valence-corrected chi connectivity index (χ4v) is 4.80. The number of rotatable bonds is 13. The van der Waals surface area contributed by atoms with Crippen LogP contribution in [0.4, 0.5) is 0 Å². The number of ether oxygens (including phenoxy) is 5. The predicted molar refractivity (Wildman–Crippen MR) is 129 cm³/mol. The van der Waals surface area contributed by atoms with Crippen molar-refractivity contribution in [3.8, 4) is 11.5 Å². The summed E-state index contributed by atoms with van der Waals surface area (Å²) in [5, 5.41) is 0. The third-order valence-electron chi connectivity index (χ3n) is 6.61. The van der Waals surface area contributed by atoms with Crippen LogP contribution in [-0.4, -0.2) is 70.9 Å².